The summed E-state index contributed by atoms with van der Waals surface area (Å²) in [6.45, 7) is 7.11. The summed E-state index contributed by atoms with van der Waals surface area (Å²) in [6.07, 6.45) is 2.78. The molecule has 92 valence electrons. The minimum absolute atomic E-state index is 0.507. The Morgan fingerprint density at radius 1 is 1.53 bits per heavy atom. The minimum atomic E-state index is 0.507. The number of nitrogens with one attached hydrogen (secondary N) is 2. The highest BCUT2D eigenvalue weighted by atomic mass is 16.3. The monoisotopic (exact) mass is 233 g/mol. The Morgan fingerprint density at radius 3 is 3.00 bits per heavy atom. The lowest BCUT2D eigenvalue weighted by Gasteiger charge is -2.08. The van der Waals surface area contributed by atoms with E-state index >= 15 is 0 Å². The molecule has 0 aliphatic carbocycles. The van der Waals surface area contributed by atoms with Gasteiger partial charge in [0.1, 0.15) is 11.5 Å². The van der Waals surface area contributed by atoms with Gasteiger partial charge in [-0.25, -0.2) is 4.98 Å². The van der Waals surface area contributed by atoms with Crippen molar-refractivity contribution in [1.82, 2.24) is 15.3 Å². The fraction of sp³-hybridized carbons (Fsp3) is 0.462. The van der Waals surface area contributed by atoms with Crippen molar-refractivity contribution in [2.45, 2.75) is 39.8 Å². The van der Waals surface area contributed by atoms with E-state index in [0.717, 1.165) is 35.9 Å². The molecule has 2 N–H and O–H groups in total. The van der Waals surface area contributed by atoms with Crippen LogP contribution in [0.1, 0.15) is 31.8 Å². The summed E-state index contributed by atoms with van der Waals surface area (Å²) in [5.41, 5.74) is 1.94. The Morgan fingerprint density at radius 2 is 2.35 bits per heavy atom. The number of nitrogens with zero attached hydrogens (tertiary/aromatic N) is 1. The highest BCUT2D eigenvalue weighted by molar-refractivity contribution is 5.55. The number of aromatic amines is 1. The van der Waals surface area contributed by atoms with Crippen molar-refractivity contribution in [2.24, 2.45) is 0 Å². The molecule has 2 aromatic rings. The number of hydrogen-bond acceptors (Lipinski definition) is 3. The minimum Gasteiger partial charge on any atom is -0.463 e. The van der Waals surface area contributed by atoms with Gasteiger partial charge in [0.05, 0.1) is 12.8 Å². The van der Waals surface area contributed by atoms with Gasteiger partial charge in [-0.1, -0.05) is 6.92 Å². The van der Waals surface area contributed by atoms with Crippen LogP contribution in [-0.2, 0) is 6.54 Å². The van der Waals surface area contributed by atoms with Crippen molar-refractivity contribution in [2.75, 3.05) is 0 Å². The summed E-state index contributed by atoms with van der Waals surface area (Å²) < 4.78 is 5.36. The predicted molar refractivity (Wildman–Crippen MR) is 67.6 cm³/mol. The molecule has 0 radical (unpaired) electrons. The molecule has 1 unspecified atom stereocenters. The molecule has 17 heavy (non-hydrogen) atoms. The van der Waals surface area contributed by atoms with Crippen LogP contribution in [0.15, 0.2) is 22.8 Å². The molecule has 2 heterocycles. The van der Waals surface area contributed by atoms with E-state index in [1.165, 1.54) is 0 Å². The van der Waals surface area contributed by atoms with Crippen LogP contribution in [0.25, 0.3) is 11.5 Å². The van der Waals surface area contributed by atoms with Gasteiger partial charge >= 0.3 is 0 Å². The second-order valence-electron chi connectivity index (χ2n) is 4.32. The first-order valence-corrected chi connectivity index (χ1v) is 6.03. The Balaban J connectivity index is 2.09. The second kappa shape index (κ2) is 5.19. The van der Waals surface area contributed by atoms with Crippen molar-refractivity contribution in [3.63, 3.8) is 0 Å². The first-order valence-electron chi connectivity index (χ1n) is 6.03. The lowest BCUT2D eigenvalue weighted by molar-refractivity contribution is 0.524. The van der Waals surface area contributed by atoms with Crippen LogP contribution < -0.4 is 5.32 Å². The Labute approximate surface area is 101 Å². The van der Waals surface area contributed by atoms with Crippen LogP contribution in [0.4, 0.5) is 0 Å². The molecular formula is C13H19N3O. The lowest BCUT2D eigenvalue weighted by atomic mass is 10.2. The number of aryl methyl sites for hydroxylation is 1. The van der Waals surface area contributed by atoms with E-state index in [0.29, 0.717) is 6.04 Å². The van der Waals surface area contributed by atoms with Gasteiger partial charge in [-0.05, 0) is 32.4 Å². The summed E-state index contributed by atoms with van der Waals surface area (Å²) in [4.78, 5) is 7.83. The molecule has 2 rings (SSSR count). The van der Waals surface area contributed by atoms with E-state index < -0.39 is 0 Å². The normalized spacial score (nSPS) is 12.9. The average Bonchev–Trinajstić information content (AvgIpc) is 2.94. The third-order valence-corrected chi connectivity index (χ3v) is 2.92. The maximum Gasteiger partial charge on any atom is 0.154 e. The predicted octanol–water partition coefficient (Wildman–Crippen LogP) is 2.87. The first-order chi connectivity index (χ1) is 8.20. The van der Waals surface area contributed by atoms with Gasteiger partial charge in [-0.3, -0.25) is 0 Å². The number of hydrogen-bond donors (Lipinski definition) is 2. The molecule has 2 aromatic heterocycles. The zero-order valence-corrected chi connectivity index (χ0v) is 10.6. The highest BCUT2D eigenvalue weighted by Crippen LogP contribution is 2.21. The fourth-order valence-corrected chi connectivity index (χ4v) is 1.67. The molecule has 0 aromatic carbocycles. The standard InChI is InChI=1S/C13H19N3O/c1-4-9(2)14-8-12-15-10(3)13(16-12)11-6-5-7-17-11/h5-7,9,14H,4,8H2,1-3H3,(H,15,16). The van der Waals surface area contributed by atoms with Gasteiger partial charge in [0, 0.05) is 11.7 Å². The number of aromatic nitrogens is 2. The molecule has 0 spiro atoms. The topological polar surface area (TPSA) is 53.9 Å². The summed E-state index contributed by atoms with van der Waals surface area (Å²) in [5, 5.41) is 3.41. The van der Waals surface area contributed by atoms with Crippen LogP contribution in [0.2, 0.25) is 0 Å². The molecule has 0 aliphatic heterocycles. The number of H-pyrrole nitrogens is 1. The van der Waals surface area contributed by atoms with Crippen molar-refractivity contribution in [3.8, 4) is 11.5 Å². The molecule has 1 atom stereocenters. The average molecular weight is 233 g/mol. The summed E-state index contributed by atoms with van der Waals surface area (Å²) in [6, 6.07) is 4.31. The summed E-state index contributed by atoms with van der Waals surface area (Å²) in [7, 11) is 0. The quantitative estimate of drug-likeness (QED) is 0.835. The molecule has 0 saturated carbocycles. The number of furan rings is 1. The van der Waals surface area contributed by atoms with Crippen molar-refractivity contribution < 1.29 is 4.42 Å². The van der Waals surface area contributed by atoms with E-state index in [9.17, 15) is 0 Å². The maximum atomic E-state index is 5.36. The van der Waals surface area contributed by atoms with Crippen LogP contribution in [0.3, 0.4) is 0 Å². The van der Waals surface area contributed by atoms with E-state index in [1.807, 2.05) is 19.1 Å². The van der Waals surface area contributed by atoms with Crippen LogP contribution in [0, 0.1) is 6.92 Å². The molecule has 0 amide bonds. The zero-order valence-electron chi connectivity index (χ0n) is 10.6. The van der Waals surface area contributed by atoms with Crippen molar-refractivity contribution in [1.29, 1.82) is 0 Å². The number of imidazole rings is 1. The van der Waals surface area contributed by atoms with Crippen LogP contribution in [-0.4, -0.2) is 16.0 Å². The molecule has 0 aliphatic rings. The third kappa shape index (κ3) is 2.77. The van der Waals surface area contributed by atoms with Gasteiger partial charge in [-0.2, -0.15) is 0 Å². The smallest absolute Gasteiger partial charge is 0.154 e. The number of rotatable bonds is 5. The van der Waals surface area contributed by atoms with Gasteiger partial charge in [0.2, 0.25) is 0 Å². The summed E-state index contributed by atoms with van der Waals surface area (Å²) in [5.74, 6) is 1.77. The van der Waals surface area contributed by atoms with E-state index in [2.05, 4.69) is 29.1 Å². The van der Waals surface area contributed by atoms with Gasteiger partial charge in [0.15, 0.2) is 5.76 Å². The largest absolute Gasteiger partial charge is 0.463 e. The van der Waals surface area contributed by atoms with Gasteiger partial charge < -0.3 is 14.7 Å². The molecule has 0 fully saturated rings. The van der Waals surface area contributed by atoms with Crippen LogP contribution in [0.5, 0.6) is 0 Å². The first kappa shape index (κ1) is 11.9. The maximum absolute atomic E-state index is 5.36. The van der Waals surface area contributed by atoms with E-state index in [1.54, 1.807) is 6.26 Å². The molecule has 0 bridgehead atoms. The highest BCUT2D eigenvalue weighted by Gasteiger charge is 2.11. The fourth-order valence-electron chi connectivity index (χ4n) is 1.67. The Bertz CT molecular complexity index is 459. The lowest BCUT2D eigenvalue weighted by Crippen LogP contribution is -2.24. The molecular weight excluding hydrogens is 214 g/mol. The molecule has 4 heteroatoms. The Kier molecular flexibility index (Phi) is 3.64. The second-order valence-corrected chi connectivity index (χ2v) is 4.32. The van der Waals surface area contributed by atoms with Crippen LogP contribution >= 0.6 is 0 Å². The molecule has 0 saturated heterocycles. The molecule has 4 nitrogen and oxygen atoms in total. The third-order valence-electron chi connectivity index (χ3n) is 2.92. The summed E-state index contributed by atoms with van der Waals surface area (Å²) >= 11 is 0. The SMILES string of the molecule is CCC(C)NCc1nc(-c2ccco2)c(C)[nH]1. The van der Waals surface area contributed by atoms with Crippen molar-refractivity contribution >= 4 is 0 Å². The van der Waals surface area contributed by atoms with Crippen molar-refractivity contribution in [3.05, 3.63) is 29.9 Å². The van der Waals surface area contributed by atoms with Gasteiger partial charge in [-0.15, -0.1) is 0 Å². The van der Waals surface area contributed by atoms with Gasteiger partial charge in [0.25, 0.3) is 0 Å². The van der Waals surface area contributed by atoms with E-state index in [-0.39, 0.29) is 0 Å². The Hall–Kier alpha value is -1.55. The zero-order chi connectivity index (χ0) is 12.3. The van der Waals surface area contributed by atoms with E-state index in [4.69, 9.17) is 4.42 Å².